The molecule has 20 heavy (non-hydrogen) atoms. The molecule has 0 aliphatic heterocycles. The monoisotopic (exact) mass is 291 g/mol. The zero-order chi connectivity index (χ0) is 14.9. The average Bonchev–Trinajstić information content (AvgIpc) is 2.66. The summed E-state index contributed by atoms with van der Waals surface area (Å²) in [4.78, 5) is 0. The zero-order valence-corrected chi connectivity index (χ0v) is 13.3. The van der Waals surface area contributed by atoms with Gasteiger partial charge in [0, 0.05) is 16.8 Å². The Morgan fingerprint density at radius 2 is 2.00 bits per heavy atom. The smallest absolute Gasteiger partial charge is 0.0696 e. The van der Waals surface area contributed by atoms with Crippen LogP contribution in [0.3, 0.4) is 0 Å². The minimum absolute atomic E-state index is 0.0660. The molecule has 0 aliphatic carbocycles. The van der Waals surface area contributed by atoms with Crippen LogP contribution in [0, 0.1) is 13.8 Å². The van der Waals surface area contributed by atoms with E-state index in [0.717, 1.165) is 34.8 Å². The molecule has 0 saturated heterocycles. The molecule has 3 nitrogen and oxygen atoms in total. The highest BCUT2D eigenvalue weighted by atomic mass is 35.5. The fourth-order valence-electron chi connectivity index (χ4n) is 2.69. The van der Waals surface area contributed by atoms with Gasteiger partial charge in [-0.3, -0.25) is 0 Å². The molecule has 0 aliphatic rings. The second kappa shape index (κ2) is 5.98. The van der Waals surface area contributed by atoms with Crippen LogP contribution in [0.25, 0.3) is 5.69 Å². The second-order valence-electron chi connectivity index (χ2n) is 5.33. The number of hydrogen-bond donors (Lipinski definition) is 1. The molecule has 0 bridgehead atoms. The van der Waals surface area contributed by atoms with Crippen molar-refractivity contribution >= 4 is 11.6 Å². The van der Waals surface area contributed by atoms with Gasteiger partial charge in [0.25, 0.3) is 0 Å². The Morgan fingerprint density at radius 3 is 2.55 bits per heavy atom. The molecule has 2 rings (SSSR count). The number of benzene rings is 1. The molecule has 0 radical (unpaired) electrons. The molecule has 4 heteroatoms. The standard InChI is InChI=1S/C16H22ClN3/c1-5-13-11(3)19-20(12(13)4)16-8-6-7-15(17)14(16)9-10(2)18/h6-8,10H,5,9,18H2,1-4H3. The lowest BCUT2D eigenvalue weighted by atomic mass is 10.0. The molecule has 0 spiro atoms. The summed E-state index contributed by atoms with van der Waals surface area (Å²) < 4.78 is 2.00. The Hall–Kier alpha value is -1.32. The molecule has 2 aromatic rings. The minimum Gasteiger partial charge on any atom is -0.328 e. The molecule has 2 N–H and O–H groups in total. The summed E-state index contributed by atoms with van der Waals surface area (Å²) in [5.41, 5.74) is 11.6. The Morgan fingerprint density at radius 1 is 1.30 bits per heavy atom. The van der Waals surface area contributed by atoms with Gasteiger partial charge in [-0.25, -0.2) is 4.68 Å². The fraction of sp³-hybridized carbons (Fsp3) is 0.438. The van der Waals surface area contributed by atoms with E-state index in [0.29, 0.717) is 0 Å². The summed E-state index contributed by atoms with van der Waals surface area (Å²) in [7, 11) is 0. The Kier molecular flexibility index (Phi) is 4.51. The van der Waals surface area contributed by atoms with E-state index in [9.17, 15) is 0 Å². The number of nitrogens with two attached hydrogens (primary N) is 1. The number of nitrogens with zero attached hydrogens (tertiary/aromatic N) is 2. The first-order valence-corrected chi connectivity index (χ1v) is 7.41. The normalized spacial score (nSPS) is 12.7. The van der Waals surface area contributed by atoms with Crippen molar-refractivity contribution < 1.29 is 0 Å². The van der Waals surface area contributed by atoms with E-state index in [1.807, 2.05) is 23.7 Å². The van der Waals surface area contributed by atoms with E-state index in [1.54, 1.807) is 0 Å². The molecular formula is C16H22ClN3. The summed E-state index contributed by atoms with van der Waals surface area (Å²) in [6.45, 7) is 8.31. The third kappa shape index (κ3) is 2.74. The molecule has 0 fully saturated rings. The lowest BCUT2D eigenvalue weighted by Gasteiger charge is -2.15. The maximum atomic E-state index is 6.36. The summed E-state index contributed by atoms with van der Waals surface area (Å²) in [5, 5.41) is 5.43. The van der Waals surface area contributed by atoms with Crippen molar-refractivity contribution in [2.45, 2.75) is 46.6 Å². The molecule has 1 aromatic heterocycles. The van der Waals surface area contributed by atoms with Gasteiger partial charge >= 0.3 is 0 Å². The van der Waals surface area contributed by atoms with Crippen molar-refractivity contribution in [2.75, 3.05) is 0 Å². The lowest BCUT2D eigenvalue weighted by molar-refractivity contribution is 0.724. The molecule has 1 aromatic carbocycles. The van der Waals surface area contributed by atoms with Crippen molar-refractivity contribution in [1.29, 1.82) is 0 Å². The zero-order valence-electron chi connectivity index (χ0n) is 12.6. The summed E-state index contributed by atoms with van der Waals surface area (Å²) >= 11 is 6.36. The maximum absolute atomic E-state index is 6.36. The van der Waals surface area contributed by atoms with Crippen LogP contribution in [-0.4, -0.2) is 15.8 Å². The Balaban J connectivity index is 2.61. The number of aromatic nitrogens is 2. The van der Waals surface area contributed by atoms with E-state index < -0.39 is 0 Å². The number of hydrogen-bond acceptors (Lipinski definition) is 2. The predicted molar refractivity (Wildman–Crippen MR) is 84.8 cm³/mol. The van der Waals surface area contributed by atoms with Gasteiger partial charge in [0.2, 0.25) is 0 Å². The van der Waals surface area contributed by atoms with Gasteiger partial charge in [-0.15, -0.1) is 0 Å². The van der Waals surface area contributed by atoms with Crippen LogP contribution in [-0.2, 0) is 12.8 Å². The first-order valence-electron chi connectivity index (χ1n) is 7.04. The van der Waals surface area contributed by atoms with Gasteiger partial charge in [-0.05, 0) is 56.9 Å². The van der Waals surface area contributed by atoms with Crippen molar-refractivity contribution in [3.8, 4) is 5.69 Å². The highest BCUT2D eigenvalue weighted by Gasteiger charge is 2.16. The van der Waals surface area contributed by atoms with Gasteiger partial charge in [0.15, 0.2) is 0 Å². The topological polar surface area (TPSA) is 43.8 Å². The quantitative estimate of drug-likeness (QED) is 0.935. The fourth-order valence-corrected chi connectivity index (χ4v) is 2.94. The lowest BCUT2D eigenvalue weighted by Crippen LogP contribution is -2.19. The summed E-state index contributed by atoms with van der Waals surface area (Å²) in [6, 6.07) is 6.00. The third-order valence-electron chi connectivity index (χ3n) is 3.64. The van der Waals surface area contributed by atoms with Crippen LogP contribution in [0.2, 0.25) is 5.02 Å². The number of halogens is 1. The van der Waals surface area contributed by atoms with Gasteiger partial charge < -0.3 is 5.73 Å². The van der Waals surface area contributed by atoms with Crippen molar-refractivity contribution in [1.82, 2.24) is 9.78 Å². The van der Waals surface area contributed by atoms with Crippen LogP contribution in [0.1, 0.15) is 36.4 Å². The van der Waals surface area contributed by atoms with E-state index >= 15 is 0 Å². The molecule has 1 atom stereocenters. The summed E-state index contributed by atoms with van der Waals surface area (Å²) in [6.07, 6.45) is 1.73. The van der Waals surface area contributed by atoms with Gasteiger partial charge in [-0.2, -0.15) is 5.10 Å². The molecular weight excluding hydrogens is 270 g/mol. The van der Waals surface area contributed by atoms with Crippen LogP contribution < -0.4 is 5.73 Å². The highest BCUT2D eigenvalue weighted by molar-refractivity contribution is 6.31. The predicted octanol–water partition coefficient (Wildman–Crippen LogP) is 3.59. The second-order valence-corrected chi connectivity index (χ2v) is 5.74. The van der Waals surface area contributed by atoms with Crippen LogP contribution in [0.15, 0.2) is 18.2 Å². The van der Waals surface area contributed by atoms with Crippen LogP contribution >= 0.6 is 11.6 Å². The summed E-state index contributed by atoms with van der Waals surface area (Å²) in [5.74, 6) is 0. The number of rotatable bonds is 4. The maximum Gasteiger partial charge on any atom is 0.0696 e. The molecule has 0 amide bonds. The Labute approximate surface area is 125 Å². The van der Waals surface area contributed by atoms with Crippen molar-refractivity contribution in [3.63, 3.8) is 0 Å². The van der Waals surface area contributed by atoms with E-state index in [4.69, 9.17) is 17.3 Å². The van der Waals surface area contributed by atoms with Gasteiger partial charge in [0.1, 0.15) is 0 Å². The SMILES string of the molecule is CCc1c(C)nn(-c2cccc(Cl)c2CC(C)N)c1C. The first kappa shape index (κ1) is 15.1. The van der Waals surface area contributed by atoms with E-state index in [2.05, 4.69) is 31.9 Å². The largest absolute Gasteiger partial charge is 0.328 e. The third-order valence-corrected chi connectivity index (χ3v) is 4.00. The molecule has 108 valence electrons. The first-order chi connectivity index (χ1) is 9.45. The average molecular weight is 292 g/mol. The van der Waals surface area contributed by atoms with Crippen molar-refractivity contribution in [3.05, 3.63) is 45.7 Å². The van der Waals surface area contributed by atoms with Gasteiger partial charge in [-0.1, -0.05) is 24.6 Å². The minimum atomic E-state index is 0.0660. The Bertz CT molecular complexity index is 614. The van der Waals surface area contributed by atoms with Crippen LogP contribution in [0.4, 0.5) is 0 Å². The van der Waals surface area contributed by atoms with Gasteiger partial charge in [0.05, 0.1) is 11.4 Å². The van der Waals surface area contributed by atoms with E-state index in [-0.39, 0.29) is 6.04 Å². The van der Waals surface area contributed by atoms with Crippen molar-refractivity contribution in [2.24, 2.45) is 5.73 Å². The van der Waals surface area contributed by atoms with Crippen LogP contribution in [0.5, 0.6) is 0 Å². The number of aryl methyl sites for hydroxylation is 1. The molecule has 0 saturated carbocycles. The van der Waals surface area contributed by atoms with E-state index in [1.165, 1.54) is 11.3 Å². The molecule has 1 unspecified atom stereocenters. The molecule has 1 heterocycles. The highest BCUT2D eigenvalue weighted by Crippen LogP contribution is 2.27.